The lowest BCUT2D eigenvalue weighted by molar-refractivity contribution is -0.242. The van der Waals surface area contributed by atoms with Crippen molar-refractivity contribution < 1.29 is 19.7 Å². The van der Waals surface area contributed by atoms with Crippen molar-refractivity contribution in [2.45, 2.75) is 136 Å². The van der Waals surface area contributed by atoms with Gasteiger partial charge >= 0.3 is 0 Å². The summed E-state index contributed by atoms with van der Waals surface area (Å²) in [5, 5.41) is 18.9. The zero-order valence-electron chi connectivity index (χ0n) is 21.5. The molecule has 0 aromatic rings. The van der Waals surface area contributed by atoms with Crippen LogP contribution in [0.4, 0.5) is 0 Å². The Morgan fingerprint density at radius 3 is 1.56 bits per heavy atom. The van der Waals surface area contributed by atoms with E-state index in [1.54, 1.807) is 7.05 Å². The van der Waals surface area contributed by atoms with E-state index in [1.165, 1.54) is 95.3 Å². The van der Waals surface area contributed by atoms with Gasteiger partial charge in [0.1, 0.15) is 12.4 Å². The molecule has 194 valence electrons. The third-order valence-electron chi connectivity index (χ3n) is 6.11. The minimum atomic E-state index is -1.81. The van der Waals surface area contributed by atoms with Crippen molar-refractivity contribution >= 4 is 18.7 Å². The fourth-order valence-corrected chi connectivity index (χ4v) is 3.78. The van der Waals surface area contributed by atoms with Crippen LogP contribution in [-0.2, 0) is 9.53 Å². The zero-order chi connectivity index (χ0) is 23.4. The number of hydrogen-bond acceptors (Lipinski definition) is 5. The van der Waals surface area contributed by atoms with Crippen molar-refractivity contribution in [2.75, 3.05) is 20.2 Å². The van der Waals surface area contributed by atoms with Gasteiger partial charge in [-0.15, -0.1) is 12.4 Å². The fourth-order valence-electron chi connectivity index (χ4n) is 3.78. The van der Waals surface area contributed by atoms with Gasteiger partial charge in [0.2, 0.25) is 5.91 Å². The molecular formula is C26H54ClNO4. The van der Waals surface area contributed by atoms with Gasteiger partial charge in [-0.05, 0) is 25.8 Å². The highest BCUT2D eigenvalue weighted by Gasteiger charge is 2.21. The van der Waals surface area contributed by atoms with Crippen molar-refractivity contribution in [3.05, 3.63) is 0 Å². The van der Waals surface area contributed by atoms with E-state index in [1.807, 2.05) is 0 Å². The standard InChI is InChI=1S/C26H53NO4.ClH/c1-24(2)19-16-14-12-10-8-6-5-7-9-11-13-15-17-20-25(23-28)31-22-18-21-27(4)26(3,29)30;/h23-25,29-30H,5-22H2,1-4H3;1H. The molecule has 0 rings (SSSR count). The predicted molar refractivity (Wildman–Crippen MR) is 137 cm³/mol. The topological polar surface area (TPSA) is 70.0 Å². The number of hydrogen-bond donors (Lipinski definition) is 2. The van der Waals surface area contributed by atoms with Crippen LogP contribution in [0.5, 0.6) is 0 Å². The van der Waals surface area contributed by atoms with Crippen LogP contribution in [-0.4, -0.2) is 53.6 Å². The lowest BCUT2D eigenvalue weighted by atomic mass is 10.0. The van der Waals surface area contributed by atoms with E-state index in [4.69, 9.17) is 4.74 Å². The normalized spacial score (nSPS) is 12.9. The first-order valence-corrected chi connectivity index (χ1v) is 13.0. The first-order chi connectivity index (χ1) is 14.8. The molecule has 0 saturated heterocycles. The molecule has 6 heteroatoms. The quantitative estimate of drug-likeness (QED) is 0.0996. The Balaban J connectivity index is 0. The molecule has 5 nitrogen and oxygen atoms in total. The Bertz CT molecular complexity index is 402. The maximum atomic E-state index is 11.2. The van der Waals surface area contributed by atoms with E-state index in [2.05, 4.69) is 13.8 Å². The third-order valence-corrected chi connectivity index (χ3v) is 6.11. The van der Waals surface area contributed by atoms with Crippen LogP contribution in [0.25, 0.3) is 0 Å². The van der Waals surface area contributed by atoms with Crippen LogP contribution in [0.15, 0.2) is 0 Å². The van der Waals surface area contributed by atoms with Gasteiger partial charge in [0.25, 0.3) is 0 Å². The largest absolute Gasteiger partial charge is 0.371 e. The molecule has 0 amide bonds. The van der Waals surface area contributed by atoms with E-state index in [9.17, 15) is 15.0 Å². The Hall–Kier alpha value is -0.200. The second-order valence-electron chi connectivity index (χ2n) is 9.86. The van der Waals surface area contributed by atoms with Crippen molar-refractivity contribution in [1.82, 2.24) is 4.90 Å². The maximum absolute atomic E-state index is 11.2. The van der Waals surface area contributed by atoms with Gasteiger partial charge in [0, 0.05) is 20.1 Å². The summed E-state index contributed by atoms with van der Waals surface area (Å²) >= 11 is 0. The fraction of sp³-hybridized carbons (Fsp3) is 0.962. The number of aliphatic hydroxyl groups is 2. The Labute approximate surface area is 205 Å². The summed E-state index contributed by atoms with van der Waals surface area (Å²) < 4.78 is 5.62. The molecule has 0 radical (unpaired) electrons. The minimum absolute atomic E-state index is 0. The zero-order valence-corrected chi connectivity index (χ0v) is 22.3. The average Bonchev–Trinajstić information content (AvgIpc) is 2.71. The van der Waals surface area contributed by atoms with E-state index >= 15 is 0 Å². The van der Waals surface area contributed by atoms with Crippen LogP contribution in [0.3, 0.4) is 0 Å². The molecular weight excluding hydrogens is 426 g/mol. The predicted octanol–water partition coefficient (Wildman–Crippen LogP) is 6.48. The van der Waals surface area contributed by atoms with E-state index < -0.39 is 5.91 Å². The van der Waals surface area contributed by atoms with Crippen molar-refractivity contribution in [3.63, 3.8) is 0 Å². The van der Waals surface area contributed by atoms with E-state index in [0.29, 0.717) is 19.6 Å². The molecule has 0 aliphatic rings. The van der Waals surface area contributed by atoms with Crippen molar-refractivity contribution in [2.24, 2.45) is 5.92 Å². The molecule has 0 heterocycles. The summed E-state index contributed by atoms with van der Waals surface area (Å²) in [5.74, 6) is -0.952. The first-order valence-electron chi connectivity index (χ1n) is 13.0. The highest BCUT2D eigenvalue weighted by Crippen LogP contribution is 2.15. The number of halogens is 1. The molecule has 0 aromatic heterocycles. The summed E-state index contributed by atoms with van der Waals surface area (Å²) in [4.78, 5) is 12.6. The second kappa shape index (κ2) is 22.6. The lowest BCUT2D eigenvalue weighted by Crippen LogP contribution is -2.44. The highest BCUT2D eigenvalue weighted by molar-refractivity contribution is 5.85. The number of nitrogens with zero attached hydrogens (tertiary/aromatic N) is 1. The molecule has 1 atom stereocenters. The molecule has 2 N–H and O–H groups in total. The smallest absolute Gasteiger partial charge is 0.221 e. The van der Waals surface area contributed by atoms with Gasteiger partial charge in [-0.2, -0.15) is 0 Å². The molecule has 0 aliphatic heterocycles. The van der Waals surface area contributed by atoms with Crippen molar-refractivity contribution in [3.8, 4) is 0 Å². The number of unbranched alkanes of at least 4 members (excludes halogenated alkanes) is 12. The van der Waals surface area contributed by atoms with Crippen LogP contribution in [0.2, 0.25) is 0 Å². The lowest BCUT2D eigenvalue weighted by Gasteiger charge is -2.28. The molecule has 0 aromatic carbocycles. The first kappa shape index (κ1) is 34.0. The van der Waals surface area contributed by atoms with Gasteiger partial charge in [0.15, 0.2) is 0 Å². The van der Waals surface area contributed by atoms with Crippen LogP contribution < -0.4 is 0 Å². The molecule has 0 spiro atoms. The molecule has 1 unspecified atom stereocenters. The van der Waals surface area contributed by atoms with Gasteiger partial charge < -0.3 is 19.7 Å². The number of aldehydes is 1. The van der Waals surface area contributed by atoms with E-state index in [0.717, 1.165) is 25.0 Å². The van der Waals surface area contributed by atoms with Gasteiger partial charge in [-0.1, -0.05) is 104 Å². The number of carbonyl (C=O) groups is 1. The second-order valence-corrected chi connectivity index (χ2v) is 9.86. The summed E-state index contributed by atoms with van der Waals surface area (Å²) in [6.07, 6.45) is 20.7. The summed E-state index contributed by atoms with van der Waals surface area (Å²) in [7, 11) is 1.65. The SMILES string of the molecule is CC(C)CCCCCCCCCCCCCCCC(C=O)OCCCN(C)C(C)(O)O.Cl. The maximum Gasteiger partial charge on any atom is 0.221 e. The van der Waals surface area contributed by atoms with Crippen molar-refractivity contribution in [1.29, 1.82) is 0 Å². The number of carbonyl (C=O) groups excluding carboxylic acids is 1. The molecule has 0 fully saturated rings. The van der Waals surface area contributed by atoms with Gasteiger partial charge in [-0.25, -0.2) is 0 Å². The van der Waals surface area contributed by atoms with Crippen LogP contribution in [0.1, 0.15) is 124 Å². The average molecular weight is 480 g/mol. The number of rotatable bonds is 23. The molecule has 0 saturated carbocycles. The van der Waals surface area contributed by atoms with Crippen LogP contribution >= 0.6 is 12.4 Å². The summed E-state index contributed by atoms with van der Waals surface area (Å²) in [5.41, 5.74) is 0. The number of ether oxygens (including phenoxy) is 1. The highest BCUT2D eigenvalue weighted by atomic mass is 35.5. The van der Waals surface area contributed by atoms with Gasteiger partial charge in [0.05, 0.1) is 0 Å². The minimum Gasteiger partial charge on any atom is -0.371 e. The Morgan fingerprint density at radius 1 is 0.781 bits per heavy atom. The third kappa shape index (κ3) is 23.0. The Morgan fingerprint density at radius 2 is 1.19 bits per heavy atom. The van der Waals surface area contributed by atoms with E-state index in [-0.39, 0.29) is 18.5 Å². The monoisotopic (exact) mass is 479 g/mol. The summed E-state index contributed by atoms with van der Waals surface area (Å²) in [6, 6.07) is 0. The van der Waals surface area contributed by atoms with Crippen LogP contribution in [0, 0.1) is 5.92 Å². The summed E-state index contributed by atoms with van der Waals surface area (Å²) in [6.45, 7) is 6.93. The molecule has 0 bridgehead atoms. The van der Waals surface area contributed by atoms with Gasteiger partial charge in [-0.3, -0.25) is 4.90 Å². The Kier molecular flexibility index (Phi) is 24.0. The molecule has 0 aliphatic carbocycles. The molecule has 32 heavy (non-hydrogen) atoms.